The first kappa shape index (κ1) is 27.8. The number of hydrogen-bond acceptors (Lipinski definition) is 0. The smallest absolute Gasteiger partial charge is 1.00 e. The van der Waals surface area contributed by atoms with E-state index in [9.17, 15) is 0 Å². The van der Waals surface area contributed by atoms with Crippen molar-refractivity contribution in [3.63, 3.8) is 0 Å². The first-order chi connectivity index (χ1) is 13.6. The third kappa shape index (κ3) is 5.32. The van der Waals surface area contributed by atoms with Crippen molar-refractivity contribution in [2.24, 2.45) is 11.8 Å². The second kappa shape index (κ2) is 11.3. The molecule has 2 atom stereocenters. The van der Waals surface area contributed by atoms with Crippen molar-refractivity contribution in [3.05, 3.63) is 58.7 Å². The van der Waals surface area contributed by atoms with Gasteiger partial charge < -0.3 is 24.8 Å². The summed E-state index contributed by atoms with van der Waals surface area (Å²) in [4.78, 5) is 0. The maximum Gasteiger partial charge on any atom is 4.00 e. The van der Waals surface area contributed by atoms with Crippen LogP contribution < -0.4 is 24.8 Å². The molecule has 168 valence electrons. The fraction of sp³-hybridized carbons (Fsp3) is 0.615. The van der Waals surface area contributed by atoms with Crippen LogP contribution in [-0.4, -0.2) is 16.1 Å². The molecule has 0 aromatic rings. The predicted octanol–water partition coefficient (Wildman–Crippen LogP) is 1.76. The fourth-order valence-electron chi connectivity index (χ4n) is 6.84. The van der Waals surface area contributed by atoms with Crippen molar-refractivity contribution in [3.8, 4) is 0 Å². The summed E-state index contributed by atoms with van der Waals surface area (Å²) in [7, 11) is -1.71. The maximum atomic E-state index is 2.62. The van der Waals surface area contributed by atoms with Gasteiger partial charge in [0.05, 0.1) is 0 Å². The summed E-state index contributed by atoms with van der Waals surface area (Å²) in [6.45, 7) is 5.24. The summed E-state index contributed by atoms with van der Waals surface area (Å²) in [5.41, 5.74) is 7.47. The van der Waals surface area contributed by atoms with Crippen LogP contribution >= 0.6 is 0 Å². The van der Waals surface area contributed by atoms with Crippen LogP contribution in [0.3, 0.4) is 0 Å². The summed E-state index contributed by atoms with van der Waals surface area (Å²) in [6.07, 6.45) is 25.6. The summed E-state index contributed by atoms with van der Waals surface area (Å²) in [6, 6.07) is 6.32. The van der Waals surface area contributed by atoms with Gasteiger partial charge in [-0.3, -0.25) is 0 Å². The van der Waals surface area contributed by atoms with E-state index in [2.05, 4.69) is 49.6 Å². The van der Waals surface area contributed by atoms with E-state index in [1.807, 2.05) is 11.1 Å². The minimum Gasteiger partial charge on any atom is -1.00 e. The van der Waals surface area contributed by atoms with Gasteiger partial charge in [0.15, 0.2) is 0 Å². The molecule has 0 spiro atoms. The van der Waals surface area contributed by atoms with E-state index in [1.165, 1.54) is 51.4 Å². The van der Waals surface area contributed by atoms with E-state index in [-0.39, 0.29) is 51.0 Å². The van der Waals surface area contributed by atoms with E-state index >= 15 is 0 Å². The van der Waals surface area contributed by atoms with Crippen LogP contribution in [0.1, 0.15) is 51.4 Å². The fourth-order valence-corrected chi connectivity index (χ4v) is 14.3. The Labute approximate surface area is 224 Å². The van der Waals surface area contributed by atoms with Crippen LogP contribution in [0.2, 0.25) is 37.3 Å². The van der Waals surface area contributed by atoms with Gasteiger partial charge in [-0.25, -0.2) is 34.4 Å². The van der Waals surface area contributed by atoms with E-state index in [0.717, 1.165) is 11.8 Å². The Balaban J connectivity index is 0.000000201. The molecule has 0 N–H and O–H groups in total. The molecule has 0 nitrogen and oxygen atoms in total. The molecule has 2 saturated heterocycles. The van der Waals surface area contributed by atoms with Crippen LogP contribution in [0.4, 0.5) is 0 Å². The van der Waals surface area contributed by atoms with Crippen LogP contribution in [0.25, 0.3) is 0 Å². The molecule has 0 radical (unpaired) electrons. The summed E-state index contributed by atoms with van der Waals surface area (Å²) in [5, 5.41) is 0. The van der Waals surface area contributed by atoms with Crippen molar-refractivity contribution in [2.45, 2.75) is 88.6 Å². The van der Waals surface area contributed by atoms with E-state index in [4.69, 9.17) is 0 Å². The van der Waals surface area contributed by atoms with Crippen LogP contribution in [0.5, 0.6) is 0 Å². The van der Waals surface area contributed by atoms with Gasteiger partial charge in [-0.2, -0.15) is 0 Å². The minimum absolute atomic E-state index is 0. The van der Waals surface area contributed by atoms with Gasteiger partial charge in [-0.1, -0.05) is 75.8 Å². The zero-order chi connectivity index (χ0) is 19.2. The predicted molar refractivity (Wildman–Crippen MR) is 127 cm³/mol. The van der Waals surface area contributed by atoms with Gasteiger partial charge in [-0.15, -0.1) is 24.3 Å². The number of halogens is 2. The summed E-state index contributed by atoms with van der Waals surface area (Å²) < 4.78 is 0. The van der Waals surface area contributed by atoms with Gasteiger partial charge in [0.1, 0.15) is 0 Å². The van der Waals surface area contributed by atoms with Gasteiger partial charge in [0, 0.05) is 0 Å². The van der Waals surface area contributed by atoms with Crippen molar-refractivity contribution in [1.82, 2.24) is 0 Å². The SMILES string of the molecule is C[Si]1([C-]2CCC3CC=CC=C23)CCC1.C[Si]1([C-]2CCC3CC=CC=C23)CCC1.[Cl-].[Cl-].[Zr+4]. The molecule has 4 aliphatic carbocycles. The number of fused-ring (bicyclic) bond motifs is 2. The first-order valence-electron chi connectivity index (χ1n) is 12.1. The standard InChI is InChI=1S/2C13H19Si.2ClH.Zr/c2*1-14(9-4-10-14)13-8-7-11-5-2-3-6-12(11)13;;;/h2*2-3,6,11H,4-5,7-10H2,1H3;2*1H;/q2*-1;;;+4/p-2. The normalized spacial score (nSPS) is 30.4. The summed E-state index contributed by atoms with van der Waals surface area (Å²) in [5.74, 6) is 1.83. The third-order valence-electron chi connectivity index (χ3n) is 9.10. The Morgan fingerprint density at radius 1 is 0.710 bits per heavy atom. The van der Waals surface area contributed by atoms with Gasteiger partial charge in [0.2, 0.25) is 0 Å². The number of allylic oxidation sites excluding steroid dienone is 8. The molecule has 0 aromatic carbocycles. The maximum absolute atomic E-state index is 2.62. The van der Waals surface area contributed by atoms with Crippen molar-refractivity contribution in [1.29, 1.82) is 0 Å². The van der Waals surface area contributed by atoms with Gasteiger partial charge >= 0.3 is 26.2 Å². The molecule has 31 heavy (non-hydrogen) atoms. The third-order valence-corrected chi connectivity index (χ3v) is 18.9. The Bertz CT molecular complexity index is 672. The Morgan fingerprint density at radius 2 is 1.10 bits per heavy atom. The van der Waals surface area contributed by atoms with Crippen LogP contribution in [0.15, 0.2) is 47.6 Å². The van der Waals surface area contributed by atoms with Crippen molar-refractivity contribution in [2.75, 3.05) is 0 Å². The van der Waals surface area contributed by atoms with Gasteiger partial charge in [0.25, 0.3) is 0 Å². The number of hydrogen-bond donors (Lipinski definition) is 0. The van der Waals surface area contributed by atoms with Crippen LogP contribution in [0, 0.1) is 22.9 Å². The van der Waals surface area contributed by atoms with Crippen LogP contribution in [-0.2, 0) is 26.2 Å². The molecule has 2 heterocycles. The molecule has 2 unspecified atom stereocenters. The molecular formula is C26H38Cl2Si2Zr. The van der Waals surface area contributed by atoms with Gasteiger partial charge in [-0.05, 0) is 40.8 Å². The average Bonchev–Trinajstić information content (AvgIpc) is 3.29. The number of rotatable bonds is 2. The Kier molecular flexibility index (Phi) is 10.2. The molecule has 2 aliphatic heterocycles. The topological polar surface area (TPSA) is 0 Å². The van der Waals surface area contributed by atoms with Crippen molar-refractivity contribution >= 4 is 16.1 Å². The van der Waals surface area contributed by atoms with E-state index in [0.29, 0.717) is 0 Å². The monoisotopic (exact) mass is 566 g/mol. The average molecular weight is 569 g/mol. The molecule has 2 saturated carbocycles. The molecule has 5 heteroatoms. The zero-order valence-electron chi connectivity index (χ0n) is 19.4. The minimum atomic E-state index is -0.857. The molecule has 6 aliphatic rings. The van der Waals surface area contributed by atoms with E-state index < -0.39 is 16.1 Å². The first-order valence-corrected chi connectivity index (χ1v) is 17.9. The second-order valence-corrected chi connectivity index (χ2v) is 20.3. The zero-order valence-corrected chi connectivity index (χ0v) is 25.3. The summed E-state index contributed by atoms with van der Waals surface area (Å²) >= 11 is 0. The van der Waals surface area contributed by atoms with Crippen molar-refractivity contribution < 1.29 is 51.0 Å². The largest absolute Gasteiger partial charge is 4.00 e. The molecule has 4 fully saturated rings. The molecule has 6 rings (SSSR count). The molecule has 0 aromatic heterocycles. The molecule has 0 bridgehead atoms. The molecule has 0 amide bonds. The quantitative estimate of drug-likeness (QED) is 0.352. The van der Waals surface area contributed by atoms with E-state index in [1.54, 1.807) is 35.3 Å². The second-order valence-electron chi connectivity index (χ2n) is 10.8. The Morgan fingerprint density at radius 3 is 1.42 bits per heavy atom. The molecular weight excluding hydrogens is 531 g/mol. The Hall–Kier alpha value is 0.597.